The van der Waals surface area contributed by atoms with Crippen LogP contribution in [0.1, 0.15) is 41.0 Å². The molecule has 3 amide bonds. The number of anilines is 1. The highest BCUT2D eigenvalue weighted by Crippen LogP contribution is 2.38. The van der Waals surface area contributed by atoms with E-state index in [1.807, 2.05) is 6.07 Å². The number of carbonyl (C=O) groups excluding carboxylic acids is 3. The van der Waals surface area contributed by atoms with Gasteiger partial charge in [0.05, 0.1) is 17.8 Å². The van der Waals surface area contributed by atoms with Crippen molar-refractivity contribution in [2.45, 2.75) is 25.8 Å². The Balaban J connectivity index is 1.58. The maximum Gasteiger partial charge on any atom is 0.315 e. The van der Waals surface area contributed by atoms with E-state index >= 15 is 0 Å². The Labute approximate surface area is 170 Å². The Hall–Kier alpha value is -3.27. The van der Waals surface area contributed by atoms with Crippen molar-refractivity contribution in [2.24, 2.45) is 11.7 Å². The van der Waals surface area contributed by atoms with Crippen LogP contribution in [0.2, 0.25) is 0 Å². The zero-order chi connectivity index (χ0) is 20.5. The molecule has 1 aliphatic heterocycles. The molecule has 0 aromatic carbocycles. The predicted molar refractivity (Wildman–Crippen MR) is 108 cm³/mol. The van der Waals surface area contributed by atoms with Crippen molar-refractivity contribution in [3.05, 3.63) is 41.0 Å². The molecule has 150 valence electrons. The molecule has 3 aromatic rings. The Morgan fingerprint density at radius 3 is 2.93 bits per heavy atom. The molecule has 0 bridgehead atoms. The molecule has 29 heavy (non-hydrogen) atoms. The summed E-state index contributed by atoms with van der Waals surface area (Å²) in [7, 11) is 0. The van der Waals surface area contributed by atoms with Crippen molar-refractivity contribution in [1.82, 2.24) is 20.1 Å². The summed E-state index contributed by atoms with van der Waals surface area (Å²) < 4.78 is 0. The fraction of sp³-hybridized carbons (Fsp3) is 0.316. The van der Waals surface area contributed by atoms with Crippen LogP contribution in [-0.2, 0) is 9.59 Å². The minimum Gasteiger partial charge on any atom is -0.365 e. The van der Waals surface area contributed by atoms with Gasteiger partial charge in [0.2, 0.25) is 0 Å². The lowest BCUT2D eigenvalue weighted by molar-refractivity contribution is -0.146. The van der Waals surface area contributed by atoms with Gasteiger partial charge in [-0.05, 0) is 37.0 Å². The van der Waals surface area contributed by atoms with Gasteiger partial charge in [0.1, 0.15) is 10.6 Å². The van der Waals surface area contributed by atoms with E-state index in [2.05, 4.69) is 27.4 Å². The topological polar surface area (TPSA) is 134 Å². The molecule has 0 saturated carbocycles. The molecule has 10 heteroatoms. The maximum atomic E-state index is 13.0. The summed E-state index contributed by atoms with van der Waals surface area (Å²) in [4.78, 5) is 44.8. The molecular formula is C19H20N6O3S. The van der Waals surface area contributed by atoms with Gasteiger partial charge in [0, 0.05) is 23.0 Å². The second-order valence-electron chi connectivity index (χ2n) is 7.18. The van der Waals surface area contributed by atoms with Crippen LogP contribution in [0.15, 0.2) is 30.6 Å². The number of nitrogens with zero attached hydrogens (tertiary/aromatic N) is 3. The summed E-state index contributed by atoms with van der Waals surface area (Å²) in [6, 6.07) is 4.80. The molecule has 0 aliphatic carbocycles. The Kier molecular flexibility index (Phi) is 5.01. The summed E-state index contributed by atoms with van der Waals surface area (Å²) in [6.45, 7) is 2.53. The number of fused-ring (bicyclic) bond motifs is 1. The number of primary amides is 1. The van der Waals surface area contributed by atoms with E-state index in [1.54, 1.807) is 11.1 Å². The van der Waals surface area contributed by atoms with E-state index in [0.717, 1.165) is 27.9 Å². The van der Waals surface area contributed by atoms with Gasteiger partial charge in [-0.3, -0.25) is 19.5 Å². The van der Waals surface area contributed by atoms with E-state index < -0.39 is 17.7 Å². The van der Waals surface area contributed by atoms with Crippen molar-refractivity contribution in [3.8, 4) is 0 Å². The number of aromatic amines is 1. The average Bonchev–Trinajstić information content (AvgIpc) is 3.29. The molecule has 1 fully saturated rings. The van der Waals surface area contributed by atoms with Crippen LogP contribution in [-0.4, -0.2) is 44.3 Å². The molecule has 3 aromatic heterocycles. The maximum absolute atomic E-state index is 13.0. The monoisotopic (exact) mass is 412 g/mol. The summed E-state index contributed by atoms with van der Waals surface area (Å²) in [5.74, 6) is -1.96. The number of hydrogen-bond acceptors (Lipinski definition) is 6. The molecule has 1 saturated heterocycles. The number of nitrogens with two attached hydrogens (primary N) is 1. The van der Waals surface area contributed by atoms with Crippen molar-refractivity contribution >= 4 is 45.1 Å². The predicted octanol–water partition coefficient (Wildman–Crippen LogP) is 2.06. The van der Waals surface area contributed by atoms with E-state index in [4.69, 9.17) is 5.73 Å². The quantitative estimate of drug-likeness (QED) is 0.566. The van der Waals surface area contributed by atoms with Gasteiger partial charge < -0.3 is 16.0 Å². The number of H-pyrrole nitrogens is 1. The van der Waals surface area contributed by atoms with Gasteiger partial charge >= 0.3 is 11.8 Å². The SMILES string of the molecule is CC1CCC(c2cc3cn[nH]c3s2)N(C(=O)C(=O)Nc2ncccc2C(N)=O)C1. The highest BCUT2D eigenvalue weighted by Gasteiger charge is 2.35. The highest BCUT2D eigenvalue weighted by molar-refractivity contribution is 7.18. The van der Waals surface area contributed by atoms with Crippen molar-refractivity contribution in [2.75, 3.05) is 11.9 Å². The Morgan fingerprint density at radius 1 is 1.34 bits per heavy atom. The number of likely N-dealkylation sites (tertiary alicyclic amines) is 1. The number of carbonyl (C=O) groups is 3. The molecule has 1 aliphatic rings. The van der Waals surface area contributed by atoms with Crippen LogP contribution >= 0.6 is 11.3 Å². The van der Waals surface area contributed by atoms with E-state index in [1.165, 1.54) is 29.7 Å². The molecule has 0 spiro atoms. The van der Waals surface area contributed by atoms with Crippen molar-refractivity contribution < 1.29 is 14.4 Å². The molecule has 0 radical (unpaired) electrons. The fourth-order valence-electron chi connectivity index (χ4n) is 3.60. The number of thiophene rings is 1. The number of amides is 3. The first-order chi connectivity index (χ1) is 13.9. The smallest absolute Gasteiger partial charge is 0.315 e. The largest absolute Gasteiger partial charge is 0.365 e. The van der Waals surface area contributed by atoms with E-state index in [-0.39, 0.29) is 23.3 Å². The van der Waals surface area contributed by atoms with E-state index in [0.29, 0.717) is 6.54 Å². The van der Waals surface area contributed by atoms with Gasteiger partial charge in [-0.15, -0.1) is 11.3 Å². The molecular weight excluding hydrogens is 392 g/mol. The van der Waals surface area contributed by atoms with Gasteiger partial charge in [0.15, 0.2) is 0 Å². The normalized spacial score (nSPS) is 19.3. The second kappa shape index (κ2) is 7.63. The number of pyridine rings is 1. The second-order valence-corrected chi connectivity index (χ2v) is 8.26. The Morgan fingerprint density at radius 2 is 2.17 bits per heavy atom. The molecule has 4 heterocycles. The zero-order valence-electron chi connectivity index (χ0n) is 15.7. The highest BCUT2D eigenvalue weighted by atomic mass is 32.1. The van der Waals surface area contributed by atoms with E-state index in [9.17, 15) is 14.4 Å². The minimum atomic E-state index is -0.839. The number of rotatable bonds is 3. The first-order valence-electron chi connectivity index (χ1n) is 9.23. The lowest BCUT2D eigenvalue weighted by Gasteiger charge is -2.37. The summed E-state index contributed by atoms with van der Waals surface area (Å²) in [5.41, 5.74) is 5.37. The molecule has 4 N–H and O–H groups in total. The molecule has 2 unspecified atom stereocenters. The number of nitrogens with one attached hydrogen (secondary N) is 2. The Bertz CT molecular complexity index is 1060. The van der Waals surface area contributed by atoms with Crippen LogP contribution in [0.5, 0.6) is 0 Å². The lowest BCUT2D eigenvalue weighted by Crippen LogP contribution is -2.46. The molecule has 4 rings (SSSR count). The van der Waals surface area contributed by atoms with Crippen molar-refractivity contribution in [3.63, 3.8) is 0 Å². The number of piperidine rings is 1. The van der Waals surface area contributed by atoms with Crippen molar-refractivity contribution in [1.29, 1.82) is 0 Å². The summed E-state index contributed by atoms with van der Waals surface area (Å²) in [5, 5.41) is 10.4. The third-order valence-corrected chi connectivity index (χ3v) is 6.21. The van der Waals surface area contributed by atoms with Gasteiger partial charge in [-0.25, -0.2) is 4.98 Å². The van der Waals surface area contributed by atoms with Crippen LogP contribution in [0, 0.1) is 5.92 Å². The first-order valence-corrected chi connectivity index (χ1v) is 10.0. The standard InChI is InChI=1S/C19H20N6O3S/c1-10-4-5-13(14-7-11-8-22-24-18(11)29-14)25(9-10)19(28)17(27)23-16-12(15(20)26)3-2-6-21-16/h2-3,6-8,10,13H,4-5,9H2,1H3,(H2,20,26)(H,22,24)(H,21,23,27). The minimum absolute atomic E-state index is 0.0181. The molecule has 9 nitrogen and oxygen atoms in total. The third kappa shape index (κ3) is 3.70. The van der Waals surface area contributed by atoms with Gasteiger partial charge in [-0.1, -0.05) is 6.92 Å². The number of hydrogen-bond donors (Lipinski definition) is 3. The summed E-state index contributed by atoms with van der Waals surface area (Å²) in [6.07, 6.45) is 4.89. The van der Waals surface area contributed by atoms with Crippen LogP contribution in [0.25, 0.3) is 10.2 Å². The average molecular weight is 412 g/mol. The first kappa shape index (κ1) is 19.1. The zero-order valence-corrected chi connectivity index (χ0v) is 16.5. The van der Waals surface area contributed by atoms with Crippen LogP contribution in [0.3, 0.4) is 0 Å². The summed E-state index contributed by atoms with van der Waals surface area (Å²) >= 11 is 1.54. The molecule has 2 atom stereocenters. The fourth-order valence-corrected chi connectivity index (χ4v) is 4.73. The number of aromatic nitrogens is 3. The van der Waals surface area contributed by atoms with Gasteiger partial charge in [-0.2, -0.15) is 5.10 Å². The third-order valence-electron chi connectivity index (χ3n) is 5.06. The van der Waals surface area contributed by atoms with Crippen LogP contribution < -0.4 is 11.1 Å². The lowest BCUT2D eigenvalue weighted by atomic mass is 9.93. The van der Waals surface area contributed by atoms with Gasteiger partial charge in [0.25, 0.3) is 5.91 Å². The van der Waals surface area contributed by atoms with Crippen LogP contribution in [0.4, 0.5) is 5.82 Å².